The van der Waals surface area contributed by atoms with Crippen molar-refractivity contribution < 1.29 is 4.79 Å². The number of benzene rings is 1. The summed E-state index contributed by atoms with van der Waals surface area (Å²) in [6.45, 7) is 4.22. The summed E-state index contributed by atoms with van der Waals surface area (Å²) in [6.07, 6.45) is 0. The summed E-state index contributed by atoms with van der Waals surface area (Å²) in [4.78, 5) is 13.0. The molecular weight excluding hydrogens is 188 g/mol. The van der Waals surface area contributed by atoms with Crippen LogP contribution in [0.1, 0.15) is 25.3 Å². The van der Waals surface area contributed by atoms with Crippen molar-refractivity contribution in [2.45, 2.75) is 19.8 Å². The molecule has 0 spiro atoms. The zero-order chi connectivity index (χ0) is 11.4. The molecule has 0 radical (unpaired) electrons. The lowest BCUT2D eigenvalue weighted by molar-refractivity contribution is 0.230. The van der Waals surface area contributed by atoms with E-state index in [4.69, 9.17) is 0 Å². The smallest absolute Gasteiger partial charge is 0.321 e. The Morgan fingerprint density at radius 3 is 2.40 bits per heavy atom. The minimum Gasteiger partial charge on any atom is -0.331 e. The largest absolute Gasteiger partial charge is 0.331 e. The molecule has 15 heavy (non-hydrogen) atoms. The predicted octanol–water partition coefficient (Wildman–Crippen LogP) is 2.90. The molecule has 1 aromatic carbocycles. The second kappa shape index (κ2) is 4.82. The minimum absolute atomic E-state index is 0.0944. The van der Waals surface area contributed by atoms with Crippen LogP contribution in [0.25, 0.3) is 0 Å². The molecule has 0 bridgehead atoms. The van der Waals surface area contributed by atoms with Crippen molar-refractivity contribution in [3.8, 4) is 0 Å². The molecule has 0 heterocycles. The van der Waals surface area contributed by atoms with Crippen LogP contribution in [0.4, 0.5) is 10.5 Å². The van der Waals surface area contributed by atoms with Crippen molar-refractivity contribution in [3.63, 3.8) is 0 Å². The quantitative estimate of drug-likeness (QED) is 0.792. The van der Waals surface area contributed by atoms with E-state index in [-0.39, 0.29) is 6.03 Å². The van der Waals surface area contributed by atoms with Gasteiger partial charge in [0.2, 0.25) is 0 Å². The van der Waals surface area contributed by atoms with Gasteiger partial charge in [0.1, 0.15) is 0 Å². The number of hydrogen-bond acceptors (Lipinski definition) is 1. The maximum atomic E-state index is 11.5. The Balaban J connectivity index is 2.89. The molecule has 0 unspecified atom stereocenters. The summed E-state index contributed by atoms with van der Waals surface area (Å²) in [5, 5.41) is 2.88. The molecule has 1 aromatic rings. The Hall–Kier alpha value is -1.51. The van der Waals surface area contributed by atoms with E-state index in [2.05, 4.69) is 19.2 Å². The van der Waals surface area contributed by atoms with Gasteiger partial charge in [-0.3, -0.25) is 0 Å². The number of carbonyl (C=O) groups excluding carboxylic acids is 1. The lowest BCUT2D eigenvalue weighted by Gasteiger charge is -2.16. The van der Waals surface area contributed by atoms with Crippen LogP contribution in [-0.2, 0) is 0 Å². The van der Waals surface area contributed by atoms with Gasteiger partial charge >= 0.3 is 6.03 Å². The number of urea groups is 1. The normalized spacial score (nSPS) is 10.2. The first-order chi connectivity index (χ1) is 7.02. The van der Waals surface area contributed by atoms with Crippen LogP contribution < -0.4 is 5.32 Å². The zero-order valence-electron chi connectivity index (χ0n) is 9.74. The molecule has 3 heteroatoms. The van der Waals surface area contributed by atoms with Crippen LogP contribution in [0.15, 0.2) is 24.3 Å². The molecule has 0 aliphatic rings. The number of carbonyl (C=O) groups is 1. The van der Waals surface area contributed by atoms with Gasteiger partial charge in [0.05, 0.1) is 0 Å². The molecular formula is C12H18N2O. The highest BCUT2D eigenvalue weighted by Crippen LogP contribution is 2.23. The number of nitrogens with one attached hydrogen (secondary N) is 1. The SMILES string of the molecule is CC(C)c1ccccc1NC(=O)N(C)C. The van der Waals surface area contributed by atoms with Crippen molar-refractivity contribution in [1.29, 1.82) is 0 Å². The third kappa shape index (κ3) is 2.98. The first-order valence-corrected chi connectivity index (χ1v) is 5.09. The molecule has 0 fully saturated rings. The maximum Gasteiger partial charge on any atom is 0.321 e. The Kier molecular flexibility index (Phi) is 3.72. The third-order valence-corrected chi connectivity index (χ3v) is 2.23. The number of rotatable bonds is 2. The lowest BCUT2D eigenvalue weighted by atomic mass is 10.0. The molecule has 0 aromatic heterocycles. The monoisotopic (exact) mass is 206 g/mol. The summed E-state index contributed by atoms with van der Waals surface area (Å²) >= 11 is 0. The van der Waals surface area contributed by atoms with Crippen molar-refractivity contribution in [2.75, 3.05) is 19.4 Å². The highest BCUT2D eigenvalue weighted by molar-refractivity contribution is 5.89. The van der Waals surface area contributed by atoms with E-state index in [1.54, 1.807) is 14.1 Å². The van der Waals surface area contributed by atoms with Crippen LogP contribution in [0.2, 0.25) is 0 Å². The van der Waals surface area contributed by atoms with Gasteiger partial charge in [0, 0.05) is 19.8 Å². The van der Waals surface area contributed by atoms with Gasteiger partial charge in [0.25, 0.3) is 0 Å². The van der Waals surface area contributed by atoms with E-state index in [9.17, 15) is 4.79 Å². The summed E-state index contributed by atoms with van der Waals surface area (Å²) in [7, 11) is 3.46. The second-order valence-electron chi connectivity index (χ2n) is 4.07. The van der Waals surface area contributed by atoms with E-state index in [1.165, 1.54) is 4.90 Å². The van der Waals surface area contributed by atoms with Crippen LogP contribution in [0.3, 0.4) is 0 Å². The third-order valence-electron chi connectivity index (χ3n) is 2.23. The van der Waals surface area contributed by atoms with Crippen molar-refractivity contribution in [1.82, 2.24) is 4.90 Å². The predicted molar refractivity (Wildman–Crippen MR) is 63.2 cm³/mol. The van der Waals surface area contributed by atoms with E-state index >= 15 is 0 Å². The Morgan fingerprint density at radius 2 is 1.87 bits per heavy atom. The summed E-state index contributed by atoms with van der Waals surface area (Å²) in [5.41, 5.74) is 2.05. The average molecular weight is 206 g/mol. The van der Waals surface area contributed by atoms with E-state index < -0.39 is 0 Å². The molecule has 0 aliphatic carbocycles. The fourth-order valence-corrected chi connectivity index (χ4v) is 1.34. The molecule has 1 rings (SSSR count). The molecule has 82 valence electrons. The van der Waals surface area contributed by atoms with Gasteiger partial charge < -0.3 is 10.2 Å². The first-order valence-electron chi connectivity index (χ1n) is 5.09. The Morgan fingerprint density at radius 1 is 1.27 bits per heavy atom. The number of hydrogen-bond donors (Lipinski definition) is 1. The number of nitrogens with zero attached hydrogens (tertiary/aromatic N) is 1. The van der Waals surface area contributed by atoms with Gasteiger partial charge in [-0.1, -0.05) is 32.0 Å². The summed E-state index contributed by atoms with van der Waals surface area (Å²) in [5.74, 6) is 0.406. The maximum absolute atomic E-state index is 11.5. The van der Waals surface area contributed by atoms with E-state index in [0.29, 0.717) is 5.92 Å². The Labute approximate surface area is 91.1 Å². The van der Waals surface area contributed by atoms with Gasteiger partial charge in [0.15, 0.2) is 0 Å². The zero-order valence-corrected chi connectivity index (χ0v) is 9.74. The Bertz CT molecular complexity index is 345. The fraction of sp³-hybridized carbons (Fsp3) is 0.417. The van der Waals surface area contributed by atoms with Crippen molar-refractivity contribution in [2.24, 2.45) is 0 Å². The van der Waals surface area contributed by atoms with Gasteiger partial charge in [-0.05, 0) is 17.5 Å². The van der Waals surface area contributed by atoms with E-state index in [0.717, 1.165) is 11.3 Å². The number of para-hydroxylation sites is 1. The molecule has 0 aliphatic heterocycles. The first kappa shape index (κ1) is 11.6. The van der Waals surface area contributed by atoms with E-state index in [1.807, 2.05) is 24.3 Å². The highest BCUT2D eigenvalue weighted by Gasteiger charge is 2.09. The van der Waals surface area contributed by atoms with Crippen LogP contribution in [-0.4, -0.2) is 25.0 Å². The molecule has 0 saturated carbocycles. The summed E-state index contributed by atoms with van der Waals surface area (Å²) < 4.78 is 0. The minimum atomic E-state index is -0.0944. The molecule has 2 amide bonds. The summed E-state index contributed by atoms with van der Waals surface area (Å²) in [6, 6.07) is 7.79. The van der Waals surface area contributed by atoms with Crippen LogP contribution >= 0.6 is 0 Å². The molecule has 0 atom stereocenters. The van der Waals surface area contributed by atoms with Crippen LogP contribution in [0.5, 0.6) is 0 Å². The van der Waals surface area contributed by atoms with Crippen LogP contribution in [0, 0.1) is 0 Å². The average Bonchev–Trinajstić information content (AvgIpc) is 2.18. The molecule has 1 N–H and O–H groups in total. The van der Waals surface area contributed by atoms with Gasteiger partial charge in [-0.15, -0.1) is 0 Å². The topological polar surface area (TPSA) is 32.3 Å². The highest BCUT2D eigenvalue weighted by atomic mass is 16.2. The number of anilines is 1. The molecule has 0 saturated heterocycles. The van der Waals surface area contributed by atoms with Crippen molar-refractivity contribution >= 4 is 11.7 Å². The second-order valence-corrected chi connectivity index (χ2v) is 4.07. The van der Waals surface area contributed by atoms with Gasteiger partial charge in [-0.2, -0.15) is 0 Å². The standard InChI is InChI=1S/C12H18N2O/c1-9(2)10-7-5-6-8-11(10)13-12(15)14(3)4/h5-9H,1-4H3,(H,13,15). The van der Waals surface area contributed by atoms with Crippen molar-refractivity contribution in [3.05, 3.63) is 29.8 Å². The molecule has 3 nitrogen and oxygen atoms in total. The fourth-order valence-electron chi connectivity index (χ4n) is 1.34. The lowest BCUT2D eigenvalue weighted by Crippen LogP contribution is -2.27. The van der Waals surface area contributed by atoms with Gasteiger partial charge in [-0.25, -0.2) is 4.79 Å². The number of amides is 2.